The zero-order valence-corrected chi connectivity index (χ0v) is 16.3. The van der Waals surface area contributed by atoms with Gasteiger partial charge in [-0.15, -0.1) is 0 Å². The van der Waals surface area contributed by atoms with E-state index in [-0.39, 0.29) is 5.91 Å². The normalized spacial score (nSPS) is 15.7. The number of para-hydroxylation sites is 2. The number of amides is 1. The Bertz CT molecular complexity index is 1100. The number of rotatable bonds is 2. The summed E-state index contributed by atoms with van der Waals surface area (Å²) in [6.07, 6.45) is 1.92. The molecule has 1 fully saturated rings. The van der Waals surface area contributed by atoms with Gasteiger partial charge in [-0.3, -0.25) is 4.79 Å². The molecule has 27 heavy (non-hydrogen) atoms. The van der Waals surface area contributed by atoms with Crippen LogP contribution in [0.1, 0.15) is 35.0 Å². The van der Waals surface area contributed by atoms with Gasteiger partial charge >= 0.3 is 0 Å². The van der Waals surface area contributed by atoms with E-state index in [1.807, 2.05) is 29.2 Å². The first-order chi connectivity index (χ1) is 13.2. The number of nitrogens with one attached hydrogen (secondary N) is 1. The molecule has 4 aromatic rings. The maximum Gasteiger partial charge on any atom is 0.289 e. The van der Waals surface area contributed by atoms with Crippen molar-refractivity contribution in [2.45, 2.75) is 18.8 Å². The number of aromatic amines is 1. The SMILES string of the molecule is O=C(c1cc2cccc(Br)c2o1)N1CCC(c2cc3ccccc3[nH]2)CC1. The maximum atomic E-state index is 12.9. The largest absolute Gasteiger partial charge is 0.450 e. The number of carbonyl (C=O) groups is 1. The molecular formula is C22H19BrN2O2. The number of hydrogen-bond acceptors (Lipinski definition) is 2. The third-order valence-corrected chi connectivity index (χ3v) is 6.10. The lowest BCUT2D eigenvalue weighted by molar-refractivity contribution is 0.0682. The Morgan fingerprint density at radius 1 is 1.04 bits per heavy atom. The molecule has 0 aliphatic carbocycles. The van der Waals surface area contributed by atoms with Crippen molar-refractivity contribution < 1.29 is 9.21 Å². The molecule has 2 aromatic heterocycles. The van der Waals surface area contributed by atoms with Crippen molar-refractivity contribution in [3.63, 3.8) is 0 Å². The van der Waals surface area contributed by atoms with Crippen molar-refractivity contribution in [3.05, 3.63) is 70.5 Å². The lowest BCUT2D eigenvalue weighted by Crippen LogP contribution is -2.37. The molecule has 0 saturated carbocycles. The summed E-state index contributed by atoms with van der Waals surface area (Å²) in [6.45, 7) is 1.49. The first-order valence-electron chi connectivity index (χ1n) is 9.24. The highest BCUT2D eigenvalue weighted by molar-refractivity contribution is 9.10. The van der Waals surface area contributed by atoms with Crippen molar-refractivity contribution in [2.75, 3.05) is 13.1 Å². The predicted molar refractivity (Wildman–Crippen MR) is 110 cm³/mol. The van der Waals surface area contributed by atoms with Gasteiger partial charge in [-0.25, -0.2) is 0 Å². The van der Waals surface area contributed by atoms with Crippen LogP contribution in [-0.2, 0) is 0 Å². The highest BCUT2D eigenvalue weighted by Gasteiger charge is 2.27. The van der Waals surface area contributed by atoms with Crippen LogP contribution in [0.5, 0.6) is 0 Å². The highest BCUT2D eigenvalue weighted by atomic mass is 79.9. The molecule has 1 N–H and O–H groups in total. The van der Waals surface area contributed by atoms with Crippen molar-refractivity contribution in [1.82, 2.24) is 9.88 Å². The van der Waals surface area contributed by atoms with E-state index in [0.29, 0.717) is 11.7 Å². The Morgan fingerprint density at radius 3 is 2.59 bits per heavy atom. The summed E-state index contributed by atoms with van der Waals surface area (Å²) in [5, 5.41) is 2.19. The van der Waals surface area contributed by atoms with Crippen LogP contribution in [0, 0.1) is 0 Å². The summed E-state index contributed by atoms with van der Waals surface area (Å²) >= 11 is 3.48. The molecule has 1 saturated heterocycles. The van der Waals surface area contributed by atoms with E-state index in [2.05, 4.69) is 51.2 Å². The van der Waals surface area contributed by atoms with E-state index >= 15 is 0 Å². The van der Waals surface area contributed by atoms with E-state index < -0.39 is 0 Å². The smallest absolute Gasteiger partial charge is 0.289 e. The molecule has 3 heterocycles. The predicted octanol–water partition coefficient (Wildman–Crippen LogP) is 5.70. The van der Waals surface area contributed by atoms with Gasteiger partial charge in [-0.05, 0) is 58.4 Å². The number of fused-ring (bicyclic) bond motifs is 2. The van der Waals surface area contributed by atoms with E-state index in [4.69, 9.17) is 4.42 Å². The number of halogens is 1. The molecule has 1 amide bonds. The van der Waals surface area contributed by atoms with Gasteiger partial charge in [-0.2, -0.15) is 0 Å². The van der Waals surface area contributed by atoms with Gasteiger partial charge < -0.3 is 14.3 Å². The topological polar surface area (TPSA) is 49.2 Å². The maximum absolute atomic E-state index is 12.9. The number of likely N-dealkylation sites (tertiary alicyclic amines) is 1. The Labute approximate surface area is 165 Å². The van der Waals surface area contributed by atoms with Gasteiger partial charge in [0.05, 0.1) is 4.47 Å². The quantitative estimate of drug-likeness (QED) is 0.450. The second kappa shape index (κ2) is 6.57. The van der Waals surface area contributed by atoms with Gasteiger partial charge in [-0.1, -0.05) is 30.3 Å². The minimum absolute atomic E-state index is 0.0202. The number of piperidine rings is 1. The molecule has 5 heteroatoms. The molecule has 0 atom stereocenters. The van der Waals surface area contributed by atoms with E-state index in [1.54, 1.807) is 0 Å². The third-order valence-electron chi connectivity index (χ3n) is 5.48. The van der Waals surface area contributed by atoms with Crippen molar-refractivity contribution in [3.8, 4) is 0 Å². The summed E-state index contributed by atoms with van der Waals surface area (Å²) in [5.41, 5.74) is 3.18. The second-order valence-electron chi connectivity index (χ2n) is 7.15. The lowest BCUT2D eigenvalue weighted by Gasteiger charge is -2.31. The van der Waals surface area contributed by atoms with Crippen molar-refractivity contribution in [1.29, 1.82) is 0 Å². The van der Waals surface area contributed by atoms with Gasteiger partial charge in [0.25, 0.3) is 5.91 Å². The van der Waals surface area contributed by atoms with Crippen molar-refractivity contribution >= 4 is 43.7 Å². The van der Waals surface area contributed by atoms with Crippen LogP contribution in [0.15, 0.2) is 63.5 Å². The van der Waals surface area contributed by atoms with Gasteiger partial charge in [0.2, 0.25) is 0 Å². The summed E-state index contributed by atoms with van der Waals surface area (Å²) in [5.74, 6) is 0.862. The van der Waals surface area contributed by atoms with Crippen LogP contribution >= 0.6 is 15.9 Å². The molecule has 0 unspecified atom stereocenters. The number of benzene rings is 2. The fourth-order valence-electron chi connectivity index (χ4n) is 4.00. The summed E-state index contributed by atoms with van der Waals surface area (Å²) in [6, 6.07) is 18.3. The van der Waals surface area contributed by atoms with Gasteiger partial charge in [0.15, 0.2) is 5.76 Å². The number of H-pyrrole nitrogens is 1. The fourth-order valence-corrected chi connectivity index (χ4v) is 4.46. The van der Waals surface area contributed by atoms with E-state index in [0.717, 1.165) is 41.4 Å². The Morgan fingerprint density at radius 2 is 1.81 bits per heavy atom. The summed E-state index contributed by atoms with van der Waals surface area (Å²) in [4.78, 5) is 18.3. The minimum Gasteiger partial charge on any atom is -0.450 e. The fraction of sp³-hybridized carbons (Fsp3) is 0.227. The van der Waals surface area contributed by atoms with Gasteiger partial charge in [0, 0.05) is 35.6 Å². The molecule has 2 aromatic carbocycles. The first kappa shape index (κ1) is 16.6. The monoisotopic (exact) mass is 422 g/mol. The standard InChI is InChI=1S/C22H19BrN2O2/c23-17-6-3-5-16-13-20(27-21(16)17)22(26)25-10-8-14(9-11-25)19-12-15-4-1-2-7-18(15)24-19/h1-7,12-14,24H,8-11H2. The van der Waals surface area contributed by atoms with Crippen LogP contribution in [0.2, 0.25) is 0 Å². The number of hydrogen-bond donors (Lipinski definition) is 1. The number of aromatic nitrogens is 1. The third kappa shape index (κ3) is 2.96. The van der Waals surface area contributed by atoms with Crippen molar-refractivity contribution in [2.24, 2.45) is 0 Å². The highest BCUT2D eigenvalue weighted by Crippen LogP contribution is 2.32. The lowest BCUT2D eigenvalue weighted by atomic mass is 9.93. The molecule has 0 radical (unpaired) electrons. The van der Waals surface area contributed by atoms with Crippen LogP contribution in [0.3, 0.4) is 0 Å². The number of furan rings is 1. The molecule has 136 valence electrons. The second-order valence-corrected chi connectivity index (χ2v) is 8.00. The molecule has 1 aliphatic heterocycles. The summed E-state index contributed by atoms with van der Waals surface area (Å²) in [7, 11) is 0. The zero-order chi connectivity index (χ0) is 18.4. The average molecular weight is 423 g/mol. The molecule has 0 spiro atoms. The first-order valence-corrected chi connectivity index (χ1v) is 10.0. The molecule has 5 rings (SSSR count). The zero-order valence-electron chi connectivity index (χ0n) is 14.7. The minimum atomic E-state index is -0.0202. The van der Waals surface area contributed by atoms with Crippen LogP contribution in [0.4, 0.5) is 0 Å². The molecule has 1 aliphatic rings. The summed E-state index contributed by atoms with van der Waals surface area (Å²) < 4.78 is 6.69. The Hall–Kier alpha value is -2.53. The average Bonchev–Trinajstić information content (AvgIpc) is 3.32. The number of carbonyl (C=O) groups excluding carboxylic acids is 1. The van der Waals surface area contributed by atoms with Gasteiger partial charge in [0.1, 0.15) is 5.58 Å². The van der Waals surface area contributed by atoms with Crippen LogP contribution in [0.25, 0.3) is 21.9 Å². The number of nitrogens with zero attached hydrogens (tertiary/aromatic N) is 1. The van der Waals surface area contributed by atoms with E-state index in [1.165, 1.54) is 16.6 Å². The van der Waals surface area contributed by atoms with Crippen LogP contribution in [-0.4, -0.2) is 28.9 Å². The molecule has 4 nitrogen and oxygen atoms in total. The molecular weight excluding hydrogens is 404 g/mol. The Kier molecular flexibility index (Phi) is 4.05. The Balaban J connectivity index is 1.31. The molecule has 0 bridgehead atoms. The van der Waals surface area contributed by atoms with Crippen LogP contribution < -0.4 is 0 Å². The van der Waals surface area contributed by atoms with E-state index in [9.17, 15) is 4.79 Å².